The number of fused-ring (bicyclic) bond motifs is 3. The molecule has 2 spiro atoms. The van der Waals surface area contributed by atoms with Gasteiger partial charge in [0.25, 0.3) is 0 Å². The van der Waals surface area contributed by atoms with Crippen molar-refractivity contribution in [1.29, 1.82) is 0 Å². The number of aromatic nitrogens is 1. The third-order valence-corrected chi connectivity index (χ3v) is 13.6. The van der Waals surface area contributed by atoms with E-state index in [1.165, 1.54) is 17.2 Å². The summed E-state index contributed by atoms with van der Waals surface area (Å²) in [4.78, 5) is 61.9. The third kappa shape index (κ3) is 7.37. The monoisotopic (exact) mass is 814 g/mol. The van der Waals surface area contributed by atoms with E-state index in [1.54, 1.807) is 32.9 Å². The van der Waals surface area contributed by atoms with Crippen LogP contribution < -0.4 is 16.0 Å². The van der Waals surface area contributed by atoms with E-state index < -0.39 is 52.4 Å². The van der Waals surface area contributed by atoms with Crippen molar-refractivity contribution in [3.8, 4) is 0 Å². The van der Waals surface area contributed by atoms with Gasteiger partial charge in [0, 0.05) is 54.0 Å². The second kappa shape index (κ2) is 15.0. The number of anilines is 1. The number of carbonyl (C=O) groups is 4. The molecule has 5 aliphatic rings. The second-order valence-electron chi connectivity index (χ2n) is 18.3. The highest BCUT2D eigenvalue weighted by Crippen LogP contribution is 2.64. The molecule has 3 aliphatic heterocycles. The van der Waals surface area contributed by atoms with Crippen LogP contribution in [0.25, 0.3) is 0 Å². The van der Waals surface area contributed by atoms with Gasteiger partial charge in [-0.1, -0.05) is 43.1 Å². The Hall–Kier alpha value is -3.52. The molecule has 4 atom stereocenters. The number of benzene rings is 1. The summed E-state index contributed by atoms with van der Waals surface area (Å²) in [5.74, 6) is -3.12. The Morgan fingerprint density at radius 3 is 2.41 bits per heavy atom. The van der Waals surface area contributed by atoms with Crippen LogP contribution >= 0.6 is 23.2 Å². The summed E-state index contributed by atoms with van der Waals surface area (Å²) in [6, 6.07) is 4.81. The zero-order valence-electron chi connectivity index (χ0n) is 32.7. The van der Waals surface area contributed by atoms with Crippen molar-refractivity contribution in [1.82, 2.24) is 25.4 Å². The lowest BCUT2D eigenvalue weighted by Gasteiger charge is -2.50. The van der Waals surface area contributed by atoms with Gasteiger partial charge in [-0.3, -0.25) is 24.6 Å². The number of carboxylic acids is 1. The summed E-state index contributed by atoms with van der Waals surface area (Å²) in [7, 11) is 0. The van der Waals surface area contributed by atoms with Crippen molar-refractivity contribution >= 4 is 52.8 Å². The first-order valence-electron chi connectivity index (χ1n) is 19.8. The van der Waals surface area contributed by atoms with Crippen molar-refractivity contribution in [2.75, 3.05) is 31.5 Å². The molecule has 56 heavy (non-hydrogen) atoms. The zero-order chi connectivity index (χ0) is 40.4. The molecule has 2 aliphatic carbocycles. The van der Waals surface area contributed by atoms with Crippen LogP contribution in [0.3, 0.4) is 0 Å². The maximum absolute atomic E-state index is 16.3. The first-order valence-corrected chi connectivity index (χ1v) is 20.5. The van der Waals surface area contributed by atoms with Gasteiger partial charge in [0.1, 0.15) is 17.1 Å². The molecule has 15 heteroatoms. The van der Waals surface area contributed by atoms with Crippen molar-refractivity contribution in [2.24, 2.45) is 11.3 Å². The Morgan fingerprint density at radius 1 is 1.05 bits per heavy atom. The summed E-state index contributed by atoms with van der Waals surface area (Å²) in [5.41, 5.74) is -1.52. The predicted octanol–water partition coefficient (Wildman–Crippen LogP) is 6.49. The molecule has 4 heterocycles. The summed E-state index contributed by atoms with van der Waals surface area (Å²) < 4.78 is 21.8. The number of aliphatic carboxylic acids is 1. The van der Waals surface area contributed by atoms with Gasteiger partial charge >= 0.3 is 12.1 Å². The predicted molar refractivity (Wildman–Crippen MR) is 210 cm³/mol. The summed E-state index contributed by atoms with van der Waals surface area (Å²) in [6.45, 7) is 11.1. The normalized spacial score (nSPS) is 29.9. The van der Waals surface area contributed by atoms with Crippen LogP contribution in [0.1, 0.15) is 103 Å². The Bertz CT molecular complexity index is 1890. The zero-order valence-corrected chi connectivity index (χ0v) is 34.2. The Kier molecular flexibility index (Phi) is 10.9. The van der Waals surface area contributed by atoms with E-state index in [4.69, 9.17) is 27.9 Å². The summed E-state index contributed by atoms with van der Waals surface area (Å²) >= 11 is 12.7. The van der Waals surface area contributed by atoms with Gasteiger partial charge in [-0.05, 0) is 113 Å². The number of nitrogens with one attached hydrogen (secondary N) is 3. The van der Waals surface area contributed by atoms with Crippen LogP contribution in [0.15, 0.2) is 30.5 Å². The average molecular weight is 816 g/mol. The van der Waals surface area contributed by atoms with Crippen LogP contribution in [-0.2, 0) is 24.5 Å². The van der Waals surface area contributed by atoms with Crippen molar-refractivity contribution in [3.05, 3.63) is 57.6 Å². The van der Waals surface area contributed by atoms with Crippen LogP contribution in [0.4, 0.5) is 14.9 Å². The Labute approximate surface area is 337 Å². The van der Waals surface area contributed by atoms with Gasteiger partial charge < -0.3 is 25.4 Å². The number of carbonyl (C=O) groups excluding carboxylic acids is 3. The number of halogens is 3. The number of amides is 3. The lowest BCUT2D eigenvalue weighted by atomic mass is 9.53. The van der Waals surface area contributed by atoms with Crippen LogP contribution in [0, 0.1) is 17.2 Å². The molecule has 7 rings (SSSR count). The van der Waals surface area contributed by atoms with E-state index >= 15 is 4.39 Å². The van der Waals surface area contributed by atoms with Gasteiger partial charge in [-0.2, -0.15) is 0 Å². The van der Waals surface area contributed by atoms with Crippen LogP contribution in [-0.4, -0.2) is 99.2 Å². The molecule has 4 fully saturated rings. The fourth-order valence-electron chi connectivity index (χ4n) is 10.2. The quantitative estimate of drug-likeness (QED) is 0.240. The number of carboxylic acid groups (broad SMARTS) is 1. The molecular weight excluding hydrogens is 762 g/mol. The molecular formula is C41H53Cl2FN6O6. The lowest BCUT2D eigenvalue weighted by molar-refractivity contribution is -0.146. The fraction of sp³-hybridized carbons (Fsp3) is 0.634. The fourth-order valence-corrected chi connectivity index (χ4v) is 10.5. The summed E-state index contributed by atoms with van der Waals surface area (Å²) in [5, 5.41) is 20.3. The number of nitrogens with zero attached hydrogens (tertiary/aromatic N) is 3. The van der Waals surface area contributed by atoms with E-state index in [0.29, 0.717) is 61.6 Å². The van der Waals surface area contributed by atoms with Crippen LogP contribution in [0.5, 0.6) is 0 Å². The molecule has 12 nitrogen and oxygen atoms in total. The van der Waals surface area contributed by atoms with Gasteiger partial charge in [0.15, 0.2) is 11.0 Å². The number of ether oxygens (including phenoxy) is 1. The van der Waals surface area contributed by atoms with E-state index in [9.17, 15) is 24.3 Å². The Balaban J connectivity index is 1.11. The molecule has 4 N–H and O–H groups in total. The van der Waals surface area contributed by atoms with Crippen LogP contribution in [0.2, 0.25) is 10.2 Å². The first kappa shape index (κ1) is 40.7. The highest BCUT2D eigenvalue weighted by atomic mass is 35.5. The third-order valence-electron chi connectivity index (χ3n) is 13.1. The van der Waals surface area contributed by atoms with E-state index in [-0.39, 0.29) is 46.5 Å². The second-order valence-corrected chi connectivity index (χ2v) is 19.1. The largest absolute Gasteiger partial charge is 0.480 e. The minimum atomic E-state index is -1.36. The minimum Gasteiger partial charge on any atom is -0.480 e. The smallest absolute Gasteiger partial charge is 0.410 e. The van der Waals surface area contributed by atoms with E-state index in [0.717, 1.165) is 25.7 Å². The number of piperazine rings is 1. The molecule has 0 radical (unpaired) electrons. The maximum atomic E-state index is 16.3. The van der Waals surface area contributed by atoms with Gasteiger partial charge in [-0.25, -0.2) is 14.2 Å². The maximum Gasteiger partial charge on any atom is 0.410 e. The Morgan fingerprint density at radius 2 is 1.75 bits per heavy atom. The van der Waals surface area contributed by atoms with E-state index in [2.05, 4.69) is 34.8 Å². The molecule has 0 bridgehead atoms. The average Bonchev–Trinajstić information content (AvgIpc) is 3.58. The number of rotatable bonds is 6. The highest BCUT2D eigenvalue weighted by molar-refractivity contribution is 6.31. The lowest BCUT2D eigenvalue weighted by Crippen LogP contribution is -2.61. The highest BCUT2D eigenvalue weighted by Gasteiger charge is 2.73. The van der Waals surface area contributed by atoms with Gasteiger partial charge in [-0.15, -0.1) is 0 Å². The topological polar surface area (TPSA) is 153 Å². The molecule has 1 aromatic heterocycles. The number of hydrogen-bond donors (Lipinski definition) is 4. The van der Waals surface area contributed by atoms with Gasteiger partial charge in [0.05, 0.1) is 12.6 Å². The molecule has 1 aromatic carbocycles. The minimum absolute atomic E-state index is 0.0158. The van der Waals surface area contributed by atoms with Crippen molar-refractivity contribution < 1.29 is 33.4 Å². The molecule has 2 saturated heterocycles. The molecule has 2 aromatic rings. The van der Waals surface area contributed by atoms with E-state index in [1.807, 2.05) is 11.0 Å². The van der Waals surface area contributed by atoms with Gasteiger partial charge in [0.2, 0.25) is 11.8 Å². The molecule has 0 unspecified atom stereocenters. The SMILES string of the molecule is CC1(C)CCC2(CC1)N[C@@H](C(=O)NC1CCC(CN3CCN(C(=O)OC(C)(C)C)C[C@H]3C(=O)O)CC1)[C@H](c1ccnc(Cl)c1F)[C@]21C(=O)Nc2cc(Cl)ccc21. The number of hydrogen-bond acceptors (Lipinski definition) is 8. The standard InChI is InChI=1S/C41H53Cl2FN6O6/c1-38(2,3)56-37(55)50-19-18-49(29(22-50)35(52)53)21-23-6-9-25(10-7-23)46-34(51)32-30(26-12-17-45-33(43)31(26)44)41(40(48-32)15-13-39(4,5)14-16-40)27-11-8-24(42)20-28(27)47-36(41)54/h8,11-12,17,20,23,25,29-30,32,48H,6-7,9-10,13-16,18-19,21-22H2,1-5H3,(H,46,51)(H,47,54)(H,52,53)/t23?,25?,29-,30-,32+,41+/m0/s1. The van der Waals surface area contributed by atoms with Crippen molar-refractivity contribution in [3.63, 3.8) is 0 Å². The number of pyridine rings is 1. The molecule has 304 valence electrons. The summed E-state index contributed by atoms with van der Waals surface area (Å²) in [6.07, 6.45) is 6.54. The van der Waals surface area contributed by atoms with Crippen molar-refractivity contribution in [2.45, 2.75) is 127 Å². The molecule has 3 amide bonds. The first-order chi connectivity index (χ1) is 26.3. The molecule has 2 saturated carbocycles.